The molecule has 2 saturated heterocycles. The molecule has 1 N–H and O–H groups in total. The number of carbonyl (C=O) groups excluding carboxylic acids is 1. The van der Waals surface area contributed by atoms with Crippen molar-refractivity contribution in [1.29, 1.82) is 0 Å². The Morgan fingerprint density at radius 3 is 2.46 bits per heavy atom. The second-order valence-electron chi connectivity index (χ2n) is 7.92. The topological polar surface area (TPSA) is 136 Å². The number of amides is 1. The molecule has 3 heterocycles. The molecule has 2 fully saturated rings. The number of sulfonamides is 1. The Kier molecular flexibility index (Phi) is 7.08. The highest BCUT2D eigenvalue weighted by Gasteiger charge is 2.55. The standard InChI is InChI=1S/C22H24FN3O8S/c1-2-32-21(27)20-18-9-3-14(26(18)22(28)29)12-25(20)35(30,31)17-8-10-19(24-11-17)34-16-6-4-15(5-7-16)33-13-23/h4-8,10-11,14,18,20H,2-3,9,12-13H2,1H3,(H,28,29)/t14-,18+,20-/m1/s1. The second-order valence-corrected chi connectivity index (χ2v) is 9.81. The number of benzene rings is 1. The first kappa shape index (κ1) is 24.7. The van der Waals surface area contributed by atoms with Crippen LogP contribution >= 0.6 is 0 Å². The van der Waals surface area contributed by atoms with Gasteiger partial charge in [-0.1, -0.05) is 0 Å². The fourth-order valence-electron chi connectivity index (χ4n) is 4.47. The Morgan fingerprint density at radius 1 is 1.14 bits per heavy atom. The molecule has 188 valence electrons. The molecule has 1 amide bonds. The first-order chi connectivity index (χ1) is 16.8. The van der Waals surface area contributed by atoms with Crippen LogP contribution in [0.1, 0.15) is 19.8 Å². The van der Waals surface area contributed by atoms with E-state index in [9.17, 15) is 27.5 Å². The highest BCUT2D eigenvalue weighted by atomic mass is 32.2. The highest BCUT2D eigenvalue weighted by molar-refractivity contribution is 7.89. The average Bonchev–Trinajstić information content (AvgIpc) is 3.14. The van der Waals surface area contributed by atoms with Crippen molar-refractivity contribution in [3.8, 4) is 17.4 Å². The number of nitrogens with zero attached hydrogens (tertiary/aromatic N) is 3. The van der Waals surface area contributed by atoms with Crippen molar-refractivity contribution in [2.45, 2.75) is 42.8 Å². The van der Waals surface area contributed by atoms with E-state index in [0.717, 1.165) is 15.4 Å². The maximum atomic E-state index is 13.5. The van der Waals surface area contributed by atoms with Crippen molar-refractivity contribution in [2.24, 2.45) is 0 Å². The SMILES string of the molecule is CCOC(=O)[C@H]1[C@@H]2CC[C@H](CN1S(=O)(=O)c1ccc(Oc3ccc(OCF)cc3)nc1)N2C(=O)O. The first-order valence-electron chi connectivity index (χ1n) is 10.9. The minimum absolute atomic E-state index is 0.0287. The molecule has 2 aliphatic rings. The zero-order chi connectivity index (χ0) is 25.2. The van der Waals surface area contributed by atoms with Crippen LogP contribution in [0.15, 0.2) is 47.5 Å². The summed E-state index contributed by atoms with van der Waals surface area (Å²) >= 11 is 0. The van der Waals surface area contributed by atoms with E-state index < -0.39 is 47.1 Å². The fourth-order valence-corrected chi connectivity index (χ4v) is 6.06. The number of pyridine rings is 1. The van der Waals surface area contributed by atoms with Gasteiger partial charge in [-0.3, -0.25) is 9.69 Å². The summed E-state index contributed by atoms with van der Waals surface area (Å²) < 4.78 is 55.7. The summed E-state index contributed by atoms with van der Waals surface area (Å²) in [5, 5.41) is 9.61. The van der Waals surface area contributed by atoms with E-state index >= 15 is 0 Å². The number of ether oxygens (including phenoxy) is 3. The molecule has 0 unspecified atom stereocenters. The Bertz CT molecular complexity index is 1180. The number of hydrogen-bond acceptors (Lipinski definition) is 8. The van der Waals surface area contributed by atoms with Crippen molar-refractivity contribution in [2.75, 3.05) is 20.0 Å². The van der Waals surface area contributed by atoms with Crippen LogP contribution in [-0.2, 0) is 19.6 Å². The molecule has 1 aromatic heterocycles. The van der Waals surface area contributed by atoms with Crippen LogP contribution in [0, 0.1) is 0 Å². The van der Waals surface area contributed by atoms with Gasteiger partial charge >= 0.3 is 12.1 Å². The van der Waals surface area contributed by atoms with Gasteiger partial charge in [-0.05, 0) is 50.1 Å². The Morgan fingerprint density at radius 2 is 1.86 bits per heavy atom. The van der Waals surface area contributed by atoms with Gasteiger partial charge in [0.1, 0.15) is 22.4 Å². The minimum Gasteiger partial charge on any atom is -0.465 e. The molecule has 2 bridgehead atoms. The lowest BCUT2D eigenvalue weighted by molar-refractivity contribution is -0.151. The zero-order valence-corrected chi connectivity index (χ0v) is 19.6. The van der Waals surface area contributed by atoms with Crippen LogP contribution in [0.2, 0.25) is 0 Å². The summed E-state index contributed by atoms with van der Waals surface area (Å²) in [7, 11) is -4.21. The summed E-state index contributed by atoms with van der Waals surface area (Å²) in [5.41, 5.74) is 0. The van der Waals surface area contributed by atoms with E-state index in [1.807, 2.05) is 0 Å². The van der Waals surface area contributed by atoms with Crippen molar-refractivity contribution >= 4 is 22.1 Å². The number of hydrogen-bond donors (Lipinski definition) is 1. The maximum Gasteiger partial charge on any atom is 0.407 e. The Labute approximate surface area is 201 Å². The van der Waals surface area contributed by atoms with Crippen LogP contribution < -0.4 is 9.47 Å². The van der Waals surface area contributed by atoms with E-state index in [1.54, 1.807) is 19.1 Å². The van der Waals surface area contributed by atoms with E-state index in [4.69, 9.17) is 14.2 Å². The molecule has 0 saturated carbocycles. The summed E-state index contributed by atoms with van der Waals surface area (Å²) in [6.45, 7) is 0.499. The quantitative estimate of drug-likeness (QED) is 0.533. The molecule has 2 aromatic rings. The molecule has 1 aromatic carbocycles. The van der Waals surface area contributed by atoms with E-state index in [0.29, 0.717) is 24.3 Å². The first-order valence-corrected chi connectivity index (χ1v) is 12.3. The van der Waals surface area contributed by atoms with E-state index in [2.05, 4.69) is 4.98 Å². The summed E-state index contributed by atoms with van der Waals surface area (Å²) in [6.07, 6.45) is 0.710. The predicted octanol–water partition coefficient (Wildman–Crippen LogP) is 2.63. The van der Waals surface area contributed by atoms with Crippen LogP contribution in [0.4, 0.5) is 9.18 Å². The monoisotopic (exact) mass is 509 g/mol. The molecular weight excluding hydrogens is 485 g/mol. The van der Waals surface area contributed by atoms with Gasteiger partial charge in [0.25, 0.3) is 0 Å². The molecule has 11 nitrogen and oxygen atoms in total. The smallest absolute Gasteiger partial charge is 0.407 e. The number of aromatic nitrogens is 1. The van der Waals surface area contributed by atoms with E-state index in [1.165, 1.54) is 24.3 Å². The number of carboxylic acid groups (broad SMARTS) is 1. The molecule has 0 radical (unpaired) electrons. The van der Waals surface area contributed by atoms with Gasteiger partial charge in [0, 0.05) is 18.7 Å². The second kappa shape index (κ2) is 10.0. The van der Waals surface area contributed by atoms with E-state index in [-0.39, 0.29) is 23.9 Å². The largest absolute Gasteiger partial charge is 0.465 e. The molecular formula is C22H24FN3O8S. The number of carbonyl (C=O) groups is 2. The van der Waals surface area contributed by atoms with Crippen LogP contribution in [0.3, 0.4) is 0 Å². The lowest BCUT2D eigenvalue weighted by atomic mass is 10.1. The van der Waals surface area contributed by atoms with Gasteiger partial charge in [0.2, 0.25) is 22.8 Å². The summed E-state index contributed by atoms with van der Waals surface area (Å²) in [5.74, 6) is 0.0204. The van der Waals surface area contributed by atoms with Gasteiger partial charge in [-0.15, -0.1) is 0 Å². The van der Waals surface area contributed by atoms with Crippen molar-refractivity contribution in [3.05, 3.63) is 42.6 Å². The molecule has 35 heavy (non-hydrogen) atoms. The van der Waals surface area contributed by atoms with Gasteiger partial charge in [0.15, 0.2) is 0 Å². The number of rotatable bonds is 8. The maximum absolute atomic E-state index is 13.5. The Balaban J connectivity index is 1.56. The number of esters is 1. The molecule has 0 aliphatic carbocycles. The highest BCUT2D eigenvalue weighted by Crippen LogP contribution is 2.38. The third-order valence-electron chi connectivity index (χ3n) is 5.94. The fraction of sp³-hybridized carbons (Fsp3) is 0.409. The van der Waals surface area contributed by atoms with Crippen molar-refractivity contribution in [1.82, 2.24) is 14.2 Å². The normalized spacial score (nSPS) is 22.0. The molecule has 2 aliphatic heterocycles. The third kappa shape index (κ3) is 4.86. The zero-order valence-electron chi connectivity index (χ0n) is 18.7. The molecule has 13 heteroatoms. The van der Waals surface area contributed by atoms with Crippen molar-refractivity contribution in [3.63, 3.8) is 0 Å². The van der Waals surface area contributed by atoms with Gasteiger partial charge in [-0.25, -0.2) is 22.6 Å². The Hall–Kier alpha value is -3.45. The lowest BCUT2D eigenvalue weighted by Gasteiger charge is -2.43. The van der Waals surface area contributed by atoms with Gasteiger partial charge < -0.3 is 19.3 Å². The molecule has 0 spiro atoms. The predicted molar refractivity (Wildman–Crippen MR) is 118 cm³/mol. The summed E-state index contributed by atoms with van der Waals surface area (Å²) in [6, 6.07) is 6.07. The number of piperazine rings is 1. The average molecular weight is 510 g/mol. The third-order valence-corrected chi connectivity index (χ3v) is 7.77. The van der Waals surface area contributed by atoms with Gasteiger partial charge in [-0.2, -0.15) is 4.31 Å². The number of halogens is 1. The van der Waals surface area contributed by atoms with Crippen LogP contribution in [0.25, 0.3) is 0 Å². The van der Waals surface area contributed by atoms with Crippen molar-refractivity contribution < 1.29 is 41.7 Å². The lowest BCUT2D eigenvalue weighted by Crippen LogP contribution is -2.64. The number of alkyl halides is 1. The van der Waals surface area contributed by atoms with Crippen LogP contribution in [-0.4, -0.2) is 77.9 Å². The number of fused-ring (bicyclic) bond motifs is 2. The molecule has 4 rings (SSSR count). The van der Waals surface area contributed by atoms with Crippen LogP contribution in [0.5, 0.6) is 17.4 Å². The molecule has 3 atom stereocenters. The summed E-state index contributed by atoms with van der Waals surface area (Å²) in [4.78, 5) is 29.6. The van der Waals surface area contributed by atoms with Gasteiger partial charge in [0.05, 0.1) is 18.8 Å². The minimum atomic E-state index is -4.21.